The Kier molecular flexibility index (Phi) is 5.87. The van der Waals surface area contributed by atoms with E-state index in [-0.39, 0.29) is 12.1 Å². The van der Waals surface area contributed by atoms with Crippen LogP contribution in [-0.2, 0) is 11.3 Å². The molecule has 0 unspecified atom stereocenters. The van der Waals surface area contributed by atoms with Crippen LogP contribution in [0.2, 0.25) is 0 Å². The number of aromatic nitrogens is 4. The molecule has 3 aromatic rings. The SMILES string of the molecule is Cc1cn(-c2cnn3ccc(CN4CCN(C(=O)OC(C)(C)C)[C@@H](C)C4)cc23)c(=O)[nH]c1=O. The first-order valence-corrected chi connectivity index (χ1v) is 11.0. The first-order chi connectivity index (χ1) is 15.5. The number of hydrogen-bond acceptors (Lipinski definition) is 6. The molecule has 0 aliphatic carbocycles. The van der Waals surface area contributed by atoms with Gasteiger partial charge in [0.2, 0.25) is 0 Å². The lowest BCUT2D eigenvalue weighted by molar-refractivity contribution is 0.000562. The maximum atomic E-state index is 12.5. The van der Waals surface area contributed by atoms with Crippen LogP contribution in [0.15, 0.2) is 40.3 Å². The molecule has 1 amide bonds. The number of carbonyl (C=O) groups excluding carboxylic acids is 1. The van der Waals surface area contributed by atoms with Gasteiger partial charge in [0.1, 0.15) is 5.60 Å². The number of fused-ring (bicyclic) bond motifs is 1. The second-order valence-corrected chi connectivity index (χ2v) is 9.59. The molecule has 4 rings (SSSR count). The van der Waals surface area contributed by atoms with E-state index in [1.807, 2.05) is 46.0 Å². The highest BCUT2D eigenvalue weighted by molar-refractivity contribution is 5.68. The van der Waals surface area contributed by atoms with Gasteiger partial charge in [-0.15, -0.1) is 0 Å². The van der Waals surface area contributed by atoms with Gasteiger partial charge in [0, 0.05) is 50.2 Å². The molecule has 33 heavy (non-hydrogen) atoms. The maximum Gasteiger partial charge on any atom is 0.410 e. The molecule has 0 saturated carbocycles. The van der Waals surface area contributed by atoms with Crippen molar-refractivity contribution in [1.82, 2.24) is 29.0 Å². The van der Waals surface area contributed by atoms with E-state index in [9.17, 15) is 14.4 Å². The van der Waals surface area contributed by atoms with Crippen molar-refractivity contribution in [1.29, 1.82) is 0 Å². The molecule has 0 spiro atoms. The number of rotatable bonds is 3. The van der Waals surface area contributed by atoms with Gasteiger partial charge in [-0.25, -0.2) is 14.1 Å². The van der Waals surface area contributed by atoms with Crippen LogP contribution < -0.4 is 11.2 Å². The van der Waals surface area contributed by atoms with Gasteiger partial charge in [-0.2, -0.15) is 5.10 Å². The Morgan fingerprint density at radius 3 is 2.73 bits per heavy atom. The smallest absolute Gasteiger partial charge is 0.410 e. The molecular formula is C23H30N6O4. The number of aryl methyl sites for hydroxylation is 1. The van der Waals surface area contributed by atoms with Gasteiger partial charge in [0.05, 0.1) is 17.4 Å². The van der Waals surface area contributed by atoms with Gasteiger partial charge in [-0.05, 0) is 52.3 Å². The Morgan fingerprint density at radius 1 is 1.27 bits per heavy atom. The van der Waals surface area contributed by atoms with Crippen LogP contribution in [0, 0.1) is 6.92 Å². The summed E-state index contributed by atoms with van der Waals surface area (Å²) in [6.07, 6.45) is 4.72. The summed E-state index contributed by atoms with van der Waals surface area (Å²) in [5.74, 6) is 0. The van der Waals surface area contributed by atoms with E-state index in [1.165, 1.54) is 10.8 Å². The largest absolute Gasteiger partial charge is 0.444 e. The first-order valence-electron chi connectivity index (χ1n) is 11.0. The standard InChI is InChI=1S/C23H30N6O4/c1-15-12-28(21(31)25-20(15)30)19-11-24-29-7-6-17(10-18(19)29)14-26-8-9-27(16(2)13-26)22(32)33-23(3,4)5/h6-7,10-12,16H,8-9,13-14H2,1-5H3,(H,25,30,31)/t16-/m0/s1. The van der Waals surface area contributed by atoms with Gasteiger partial charge >= 0.3 is 11.8 Å². The predicted octanol–water partition coefficient (Wildman–Crippen LogP) is 1.92. The minimum Gasteiger partial charge on any atom is -0.444 e. The molecular weight excluding hydrogens is 424 g/mol. The Balaban J connectivity index is 1.52. The summed E-state index contributed by atoms with van der Waals surface area (Å²) in [6.45, 7) is 12.1. The van der Waals surface area contributed by atoms with Crippen molar-refractivity contribution < 1.29 is 9.53 Å². The van der Waals surface area contributed by atoms with Crippen molar-refractivity contribution in [3.8, 4) is 5.69 Å². The zero-order chi connectivity index (χ0) is 23.9. The summed E-state index contributed by atoms with van der Waals surface area (Å²) in [5, 5.41) is 4.34. The van der Waals surface area contributed by atoms with Crippen LogP contribution in [0.4, 0.5) is 4.79 Å². The molecule has 10 nitrogen and oxygen atoms in total. The highest BCUT2D eigenvalue weighted by Crippen LogP contribution is 2.20. The fourth-order valence-corrected chi connectivity index (χ4v) is 4.07. The van der Waals surface area contributed by atoms with E-state index in [2.05, 4.69) is 15.0 Å². The highest BCUT2D eigenvalue weighted by atomic mass is 16.6. The van der Waals surface area contributed by atoms with Crippen LogP contribution in [0.3, 0.4) is 0 Å². The molecule has 1 aliphatic rings. The number of aromatic amines is 1. The topological polar surface area (TPSA) is 105 Å². The van der Waals surface area contributed by atoms with Crippen LogP contribution in [0.1, 0.15) is 38.8 Å². The third-order valence-corrected chi connectivity index (χ3v) is 5.69. The minimum absolute atomic E-state index is 0.0329. The zero-order valence-electron chi connectivity index (χ0n) is 19.7. The number of H-pyrrole nitrogens is 1. The van der Waals surface area contributed by atoms with Crippen molar-refractivity contribution in [2.24, 2.45) is 0 Å². The van der Waals surface area contributed by atoms with Gasteiger partial charge in [0.15, 0.2) is 0 Å². The molecule has 1 aliphatic heterocycles. The number of hydrogen-bond donors (Lipinski definition) is 1. The highest BCUT2D eigenvalue weighted by Gasteiger charge is 2.30. The number of piperazine rings is 1. The monoisotopic (exact) mass is 454 g/mol. The quantitative estimate of drug-likeness (QED) is 0.648. The number of pyridine rings is 1. The molecule has 10 heteroatoms. The van der Waals surface area contributed by atoms with Gasteiger partial charge < -0.3 is 9.64 Å². The lowest BCUT2D eigenvalue weighted by Gasteiger charge is -2.40. The summed E-state index contributed by atoms with van der Waals surface area (Å²) in [7, 11) is 0. The van der Waals surface area contributed by atoms with Crippen molar-refractivity contribution >= 4 is 11.6 Å². The summed E-state index contributed by atoms with van der Waals surface area (Å²) >= 11 is 0. The summed E-state index contributed by atoms with van der Waals surface area (Å²) < 4.78 is 8.64. The number of nitrogens with one attached hydrogen (secondary N) is 1. The van der Waals surface area contributed by atoms with Gasteiger partial charge in [-0.1, -0.05) is 0 Å². The molecule has 176 valence electrons. The van der Waals surface area contributed by atoms with Crippen molar-refractivity contribution in [2.75, 3.05) is 19.6 Å². The molecule has 0 aromatic carbocycles. The van der Waals surface area contributed by atoms with E-state index in [0.717, 1.165) is 24.2 Å². The normalized spacial score (nSPS) is 17.5. The average molecular weight is 455 g/mol. The number of nitrogens with zero attached hydrogens (tertiary/aromatic N) is 5. The third kappa shape index (κ3) is 4.85. The third-order valence-electron chi connectivity index (χ3n) is 5.69. The molecule has 0 bridgehead atoms. The molecule has 1 N–H and O–H groups in total. The number of carbonyl (C=O) groups is 1. The summed E-state index contributed by atoms with van der Waals surface area (Å²) in [4.78, 5) is 43.0. The lowest BCUT2D eigenvalue weighted by Crippen LogP contribution is -2.54. The zero-order valence-corrected chi connectivity index (χ0v) is 19.7. The van der Waals surface area contributed by atoms with E-state index in [0.29, 0.717) is 24.3 Å². The molecule has 4 heterocycles. The molecule has 1 saturated heterocycles. The fraction of sp³-hybridized carbons (Fsp3) is 0.478. The van der Waals surface area contributed by atoms with Crippen molar-refractivity contribution in [3.05, 3.63) is 62.7 Å². The van der Waals surface area contributed by atoms with Gasteiger partial charge in [-0.3, -0.25) is 19.2 Å². The number of amides is 1. The summed E-state index contributed by atoms with van der Waals surface area (Å²) in [5.41, 5.74) is 1.47. The fourth-order valence-electron chi connectivity index (χ4n) is 4.07. The first kappa shape index (κ1) is 22.8. The lowest BCUT2D eigenvalue weighted by atomic mass is 10.1. The Morgan fingerprint density at radius 2 is 2.03 bits per heavy atom. The Hall–Kier alpha value is -3.40. The van der Waals surface area contributed by atoms with Crippen molar-refractivity contribution in [2.45, 2.75) is 52.8 Å². The van der Waals surface area contributed by atoms with E-state index >= 15 is 0 Å². The minimum atomic E-state index is -0.515. The predicted molar refractivity (Wildman–Crippen MR) is 124 cm³/mol. The van der Waals surface area contributed by atoms with E-state index < -0.39 is 16.9 Å². The van der Waals surface area contributed by atoms with Crippen LogP contribution in [-0.4, -0.2) is 66.3 Å². The summed E-state index contributed by atoms with van der Waals surface area (Å²) in [6, 6.07) is 4.03. The van der Waals surface area contributed by atoms with E-state index in [4.69, 9.17) is 4.74 Å². The van der Waals surface area contributed by atoms with Crippen LogP contribution in [0.25, 0.3) is 11.2 Å². The molecule has 3 aromatic heterocycles. The van der Waals surface area contributed by atoms with Crippen LogP contribution in [0.5, 0.6) is 0 Å². The van der Waals surface area contributed by atoms with Gasteiger partial charge in [0.25, 0.3) is 5.56 Å². The molecule has 1 fully saturated rings. The van der Waals surface area contributed by atoms with E-state index in [1.54, 1.807) is 22.5 Å². The average Bonchev–Trinajstić information content (AvgIpc) is 3.12. The molecule has 0 radical (unpaired) electrons. The second-order valence-electron chi connectivity index (χ2n) is 9.59. The van der Waals surface area contributed by atoms with Crippen molar-refractivity contribution in [3.63, 3.8) is 0 Å². The second kappa shape index (κ2) is 8.51. The number of ether oxygens (including phenoxy) is 1. The Labute approximate surface area is 191 Å². The maximum absolute atomic E-state index is 12.5. The molecule has 1 atom stereocenters. The Bertz CT molecular complexity index is 1300. The van der Waals surface area contributed by atoms with Crippen LogP contribution >= 0.6 is 0 Å².